The van der Waals surface area contributed by atoms with E-state index in [1.54, 1.807) is 0 Å². The lowest BCUT2D eigenvalue weighted by atomic mass is 10.0. The summed E-state index contributed by atoms with van der Waals surface area (Å²) in [6, 6.07) is 6.31. The molecule has 3 N–H and O–H groups in total. The van der Waals surface area contributed by atoms with E-state index < -0.39 is 6.10 Å². The van der Waals surface area contributed by atoms with E-state index in [-0.39, 0.29) is 5.91 Å². The molecule has 1 saturated carbocycles. The van der Waals surface area contributed by atoms with Crippen LogP contribution in [0.3, 0.4) is 0 Å². The Morgan fingerprint density at radius 2 is 2.17 bits per heavy atom. The molecular formula is C19H26N2O2. The molecule has 1 aromatic heterocycles. The first-order valence-electron chi connectivity index (χ1n) is 8.65. The number of rotatable bonds is 6. The van der Waals surface area contributed by atoms with Crippen LogP contribution in [0, 0.1) is 12.8 Å². The number of aromatic nitrogens is 1. The summed E-state index contributed by atoms with van der Waals surface area (Å²) in [7, 11) is 0. The van der Waals surface area contributed by atoms with Crippen LogP contribution in [0.4, 0.5) is 0 Å². The second kappa shape index (κ2) is 7.18. The predicted octanol–water partition coefficient (Wildman–Crippen LogP) is 3.08. The Kier molecular flexibility index (Phi) is 5.01. The van der Waals surface area contributed by atoms with Crippen molar-refractivity contribution in [1.82, 2.24) is 10.3 Å². The number of aliphatic hydroxyl groups is 1. The summed E-state index contributed by atoms with van der Waals surface area (Å²) in [4.78, 5) is 15.3. The summed E-state index contributed by atoms with van der Waals surface area (Å²) in [6.07, 6.45) is 7.36. The SMILES string of the molecule is Cc1ccc2[nH]cc(CCC(=O)NCC(O)C3CCCC3)c2c1. The van der Waals surface area contributed by atoms with E-state index in [9.17, 15) is 9.90 Å². The molecule has 1 fully saturated rings. The van der Waals surface area contributed by atoms with Crippen molar-refractivity contribution in [3.63, 3.8) is 0 Å². The predicted molar refractivity (Wildman–Crippen MR) is 92.3 cm³/mol. The Morgan fingerprint density at radius 1 is 1.39 bits per heavy atom. The van der Waals surface area contributed by atoms with Gasteiger partial charge in [0.15, 0.2) is 0 Å². The van der Waals surface area contributed by atoms with Gasteiger partial charge in [0.2, 0.25) is 5.91 Å². The van der Waals surface area contributed by atoms with Crippen LogP contribution in [0.25, 0.3) is 10.9 Å². The highest BCUT2D eigenvalue weighted by Crippen LogP contribution is 2.27. The van der Waals surface area contributed by atoms with Crippen molar-refractivity contribution >= 4 is 16.8 Å². The van der Waals surface area contributed by atoms with Gasteiger partial charge < -0.3 is 15.4 Å². The monoisotopic (exact) mass is 314 g/mol. The minimum absolute atomic E-state index is 0.0176. The topological polar surface area (TPSA) is 65.1 Å². The Bertz CT molecular complexity index is 671. The fourth-order valence-electron chi connectivity index (χ4n) is 3.56. The molecule has 3 rings (SSSR count). The number of carbonyl (C=O) groups excluding carboxylic acids is 1. The van der Waals surface area contributed by atoms with Crippen LogP contribution in [0.2, 0.25) is 0 Å². The fraction of sp³-hybridized carbons (Fsp3) is 0.526. The van der Waals surface area contributed by atoms with Crippen LogP contribution in [0.15, 0.2) is 24.4 Å². The summed E-state index contributed by atoms with van der Waals surface area (Å²) >= 11 is 0. The zero-order valence-corrected chi connectivity index (χ0v) is 13.8. The Hall–Kier alpha value is -1.81. The molecule has 124 valence electrons. The van der Waals surface area contributed by atoms with Crippen LogP contribution in [-0.4, -0.2) is 28.6 Å². The number of aromatic amines is 1. The summed E-state index contributed by atoms with van der Waals surface area (Å²) < 4.78 is 0. The van der Waals surface area contributed by atoms with Gasteiger partial charge in [-0.05, 0) is 49.8 Å². The van der Waals surface area contributed by atoms with Crippen LogP contribution in [0.5, 0.6) is 0 Å². The summed E-state index contributed by atoms with van der Waals surface area (Å²) in [5.41, 5.74) is 3.51. The van der Waals surface area contributed by atoms with E-state index in [2.05, 4.69) is 35.4 Å². The number of aliphatic hydroxyl groups excluding tert-OH is 1. The average molecular weight is 314 g/mol. The quantitative estimate of drug-likeness (QED) is 0.767. The molecule has 2 aromatic rings. The number of carbonyl (C=O) groups is 1. The number of nitrogens with one attached hydrogen (secondary N) is 2. The molecule has 0 aliphatic heterocycles. The maximum atomic E-state index is 12.0. The summed E-state index contributed by atoms with van der Waals surface area (Å²) in [5.74, 6) is 0.385. The smallest absolute Gasteiger partial charge is 0.220 e. The first-order valence-corrected chi connectivity index (χ1v) is 8.65. The number of benzene rings is 1. The molecule has 0 radical (unpaired) electrons. The van der Waals surface area contributed by atoms with Gasteiger partial charge in [0.1, 0.15) is 0 Å². The third kappa shape index (κ3) is 3.94. The summed E-state index contributed by atoms with van der Waals surface area (Å²) in [5, 5.41) is 14.2. The molecule has 0 spiro atoms. The van der Waals surface area contributed by atoms with Crippen molar-refractivity contribution in [3.05, 3.63) is 35.5 Å². The third-order valence-electron chi connectivity index (χ3n) is 5.00. The van der Waals surface area contributed by atoms with E-state index >= 15 is 0 Å². The van der Waals surface area contributed by atoms with Gasteiger partial charge in [0, 0.05) is 30.1 Å². The molecule has 0 saturated heterocycles. The average Bonchev–Trinajstić information content (AvgIpc) is 3.20. The third-order valence-corrected chi connectivity index (χ3v) is 5.00. The van der Waals surface area contributed by atoms with E-state index in [4.69, 9.17) is 0 Å². The first-order chi connectivity index (χ1) is 11.1. The number of H-pyrrole nitrogens is 1. The van der Waals surface area contributed by atoms with Crippen molar-refractivity contribution in [2.24, 2.45) is 5.92 Å². The van der Waals surface area contributed by atoms with E-state index in [0.29, 0.717) is 18.9 Å². The Labute approximate surface area is 137 Å². The molecule has 0 bridgehead atoms. The van der Waals surface area contributed by atoms with Gasteiger partial charge in [-0.1, -0.05) is 24.5 Å². The van der Waals surface area contributed by atoms with Gasteiger partial charge in [-0.25, -0.2) is 0 Å². The molecule has 1 aromatic carbocycles. The molecular weight excluding hydrogens is 288 g/mol. The number of aryl methyl sites for hydroxylation is 2. The second-order valence-electron chi connectivity index (χ2n) is 6.78. The second-order valence-corrected chi connectivity index (χ2v) is 6.78. The molecule has 1 heterocycles. The van der Waals surface area contributed by atoms with Gasteiger partial charge in [-0.3, -0.25) is 4.79 Å². The maximum absolute atomic E-state index is 12.0. The number of amides is 1. The number of fused-ring (bicyclic) bond motifs is 1. The summed E-state index contributed by atoms with van der Waals surface area (Å²) in [6.45, 7) is 2.46. The molecule has 1 aliphatic carbocycles. The lowest BCUT2D eigenvalue weighted by molar-refractivity contribution is -0.121. The van der Waals surface area contributed by atoms with E-state index in [1.165, 1.54) is 29.4 Å². The number of hydrogen-bond acceptors (Lipinski definition) is 2. The standard InChI is InChI=1S/C19H26N2O2/c1-13-6-8-17-16(10-13)15(11-20-17)7-9-19(23)21-12-18(22)14-4-2-3-5-14/h6,8,10-11,14,18,20,22H,2-5,7,9,12H2,1H3,(H,21,23). The molecule has 1 aliphatic rings. The molecule has 1 unspecified atom stereocenters. The van der Waals surface area contributed by atoms with Crippen LogP contribution in [0.1, 0.15) is 43.2 Å². The normalized spacial score (nSPS) is 16.8. The minimum atomic E-state index is -0.391. The zero-order chi connectivity index (χ0) is 16.2. The molecule has 4 nitrogen and oxygen atoms in total. The molecule has 23 heavy (non-hydrogen) atoms. The van der Waals surface area contributed by atoms with E-state index in [1.807, 2.05) is 6.20 Å². The van der Waals surface area contributed by atoms with Gasteiger partial charge in [-0.2, -0.15) is 0 Å². The van der Waals surface area contributed by atoms with Crippen molar-refractivity contribution in [2.45, 2.75) is 51.6 Å². The lowest BCUT2D eigenvalue weighted by Gasteiger charge is -2.18. The van der Waals surface area contributed by atoms with Crippen molar-refractivity contribution in [3.8, 4) is 0 Å². The van der Waals surface area contributed by atoms with Gasteiger partial charge in [0.05, 0.1) is 6.10 Å². The highest BCUT2D eigenvalue weighted by Gasteiger charge is 2.23. The van der Waals surface area contributed by atoms with Gasteiger partial charge in [-0.15, -0.1) is 0 Å². The van der Waals surface area contributed by atoms with Crippen molar-refractivity contribution in [1.29, 1.82) is 0 Å². The minimum Gasteiger partial charge on any atom is -0.391 e. The zero-order valence-electron chi connectivity index (χ0n) is 13.8. The van der Waals surface area contributed by atoms with Crippen molar-refractivity contribution in [2.75, 3.05) is 6.54 Å². The van der Waals surface area contributed by atoms with Crippen molar-refractivity contribution < 1.29 is 9.90 Å². The van der Waals surface area contributed by atoms with Gasteiger partial charge in [0.25, 0.3) is 0 Å². The highest BCUT2D eigenvalue weighted by molar-refractivity contribution is 5.84. The largest absolute Gasteiger partial charge is 0.391 e. The van der Waals surface area contributed by atoms with Crippen LogP contribution in [-0.2, 0) is 11.2 Å². The fourth-order valence-corrected chi connectivity index (χ4v) is 3.56. The Balaban J connectivity index is 1.49. The van der Waals surface area contributed by atoms with Crippen LogP contribution < -0.4 is 5.32 Å². The highest BCUT2D eigenvalue weighted by atomic mass is 16.3. The molecule has 4 heteroatoms. The molecule has 1 atom stereocenters. The van der Waals surface area contributed by atoms with Gasteiger partial charge >= 0.3 is 0 Å². The van der Waals surface area contributed by atoms with E-state index in [0.717, 1.165) is 24.8 Å². The molecule has 1 amide bonds. The first kappa shape index (κ1) is 16.1. The lowest BCUT2D eigenvalue weighted by Crippen LogP contribution is -2.35. The maximum Gasteiger partial charge on any atom is 0.220 e. The van der Waals surface area contributed by atoms with Crippen LogP contribution >= 0.6 is 0 Å². The number of hydrogen-bond donors (Lipinski definition) is 3. The Morgan fingerprint density at radius 3 is 2.96 bits per heavy atom.